The van der Waals surface area contributed by atoms with Crippen LogP contribution < -0.4 is 0 Å². The smallest absolute Gasteiger partial charge is 0.303 e. The van der Waals surface area contributed by atoms with E-state index >= 15 is 0 Å². The summed E-state index contributed by atoms with van der Waals surface area (Å²) in [5.74, 6) is -1.83. The van der Waals surface area contributed by atoms with Crippen molar-refractivity contribution in [2.24, 2.45) is 5.92 Å². The summed E-state index contributed by atoms with van der Waals surface area (Å²) < 4.78 is 41.1. The molecule has 0 bridgehead atoms. The minimum Gasteiger partial charge on any atom is -0.481 e. The van der Waals surface area contributed by atoms with E-state index in [0.717, 1.165) is 18.2 Å². The van der Waals surface area contributed by atoms with Gasteiger partial charge in [-0.2, -0.15) is 0 Å². The number of halogens is 3. The normalized spacial score (nSPS) is 23.3. The van der Waals surface area contributed by atoms with E-state index in [2.05, 4.69) is 0 Å². The van der Waals surface area contributed by atoms with E-state index in [1.54, 1.807) is 24.3 Å². The molecule has 0 amide bonds. The Morgan fingerprint density at radius 3 is 2.39 bits per heavy atom. The van der Waals surface area contributed by atoms with E-state index in [-0.39, 0.29) is 17.9 Å². The molecule has 2 aromatic carbocycles. The lowest BCUT2D eigenvalue weighted by atomic mass is 9.76. The number of rotatable bonds is 6. The molecule has 0 radical (unpaired) electrons. The van der Waals surface area contributed by atoms with Gasteiger partial charge in [0.25, 0.3) is 0 Å². The molecule has 0 heterocycles. The first kappa shape index (κ1) is 20.9. The molecule has 3 rings (SSSR count). The summed E-state index contributed by atoms with van der Waals surface area (Å²) in [5, 5.41) is 9.40. The molecule has 150 valence electrons. The van der Waals surface area contributed by atoms with Gasteiger partial charge in [-0.15, -0.1) is 0 Å². The van der Waals surface area contributed by atoms with E-state index in [1.165, 1.54) is 0 Å². The molecule has 3 nitrogen and oxygen atoms in total. The van der Waals surface area contributed by atoms with E-state index in [9.17, 15) is 17.8 Å². The number of hydrogen-bond acceptors (Lipinski definition) is 2. The number of carbonyl (C=O) groups is 1. The summed E-state index contributed by atoms with van der Waals surface area (Å²) in [4.78, 5) is 11.4. The van der Waals surface area contributed by atoms with Crippen LogP contribution in [0, 0.1) is 17.6 Å². The number of benzene rings is 2. The molecule has 1 N–H and O–H groups in total. The summed E-state index contributed by atoms with van der Waals surface area (Å²) in [6.07, 6.45) is 2.63. The van der Waals surface area contributed by atoms with Crippen LogP contribution in [-0.2, 0) is 20.3 Å². The Bertz CT molecular complexity index is 878. The maximum Gasteiger partial charge on any atom is 0.303 e. The Labute approximate surface area is 170 Å². The zero-order valence-corrected chi connectivity index (χ0v) is 16.7. The van der Waals surface area contributed by atoms with Crippen molar-refractivity contribution < 1.29 is 22.9 Å². The lowest BCUT2D eigenvalue weighted by Gasteiger charge is -2.40. The highest BCUT2D eigenvalue weighted by atomic mass is 35.5. The Morgan fingerprint density at radius 1 is 1.14 bits per heavy atom. The van der Waals surface area contributed by atoms with Crippen LogP contribution in [0.4, 0.5) is 8.78 Å². The van der Waals surface area contributed by atoms with E-state index in [1.807, 2.05) is 0 Å². The van der Waals surface area contributed by atoms with Crippen molar-refractivity contribution in [1.82, 2.24) is 0 Å². The topological polar surface area (TPSA) is 54.4 Å². The summed E-state index contributed by atoms with van der Waals surface area (Å²) in [5.41, 5.74) is 0.123. The summed E-state index contributed by atoms with van der Waals surface area (Å²) >= 11 is 5.92. The van der Waals surface area contributed by atoms with Crippen LogP contribution in [0.1, 0.15) is 44.1 Å². The largest absolute Gasteiger partial charge is 0.481 e. The van der Waals surface area contributed by atoms with Gasteiger partial charge in [-0.1, -0.05) is 11.6 Å². The van der Waals surface area contributed by atoms with Crippen molar-refractivity contribution in [2.45, 2.75) is 48.2 Å². The number of carboxylic acid groups (broad SMARTS) is 1. The molecule has 2 aromatic rings. The third kappa shape index (κ3) is 4.44. The second-order valence-corrected chi connectivity index (χ2v) is 9.44. The van der Waals surface area contributed by atoms with Gasteiger partial charge in [-0.3, -0.25) is 9.00 Å². The average molecular weight is 427 g/mol. The highest BCUT2D eigenvalue weighted by molar-refractivity contribution is 7.86. The Morgan fingerprint density at radius 2 is 1.79 bits per heavy atom. The average Bonchev–Trinajstić information content (AvgIpc) is 2.68. The molecule has 0 aromatic heterocycles. The van der Waals surface area contributed by atoms with Gasteiger partial charge in [-0.25, -0.2) is 8.78 Å². The first-order valence-electron chi connectivity index (χ1n) is 9.16. The SMILES string of the molecule is O=C(O)CCC1CCC(c2cc(F)ccc2F)(S(=O)c2ccc(Cl)cc2)CC1. The van der Waals surface area contributed by atoms with Crippen LogP contribution in [0.3, 0.4) is 0 Å². The first-order valence-corrected chi connectivity index (χ1v) is 10.7. The summed E-state index contributed by atoms with van der Waals surface area (Å²) in [6.45, 7) is 0. The van der Waals surface area contributed by atoms with E-state index in [0.29, 0.717) is 42.0 Å². The fourth-order valence-electron chi connectivity index (χ4n) is 3.95. The van der Waals surface area contributed by atoms with Crippen molar-refractivity contribution in [1.29, 1.82) is 0 Å². The molecule has 7 heteroatoms. The Hall–Kier alpha value is -1.79. The lowest BCUT2D eigenvalue weighted by molar-refractivity contribution is -0.137. The van der Waals surface area contributed by atoms with E-state index < -0.39 is 33.2 Å². The fourth-order valence-corrected chi connectivity index (χ4v) is 5.87. The van der Waals surface area contributed by atoms with Crippen molar-refractivity contribution in [3.63, 3.8) is 0 Å². The zero-order chi connectivity index (χ0) is 20.3. The second-order valence-electron chi connectivity index (χ2n) is 7.22. The fraction of sp³-hybridized carbons (Fsp3) is 0.381. The van der Waals surface area contributed by atoms with Crippen molar-refractivity contribution >= 4 is 28.4 Å². The minimum atomic E-state index is -1.62. The maximum absolute atomic E-state index is 14.7. The highest BCUT2D eigenvalue weighted by Gasteiger charge is 2.44. The van der Waals surface area contributed by atoms with Gasteiger partial charge in [0.05, 0.1) is 15.5 Å². The Balaban J connectivity index is 1.96. The van der Waals surface area contributed by atoms with Gasteiger partial charge in [-0.05, 0) is 80.5 Å². The predicted octanol–water partition coefficient (Wildman–Crippen LogP) is 5.68. The van der Waals surface area contributed by atoms with E-state index in [4.69, 9.17) is 16.7 Å². The summed E-state index contributed by atoms with van der Waals surface area (Å²) in [7, 11) is -1.62. The highest BCUT2D eigenvalue weighted by Crippen LogP contribution is 2.48. The molecule has 28 heavy (non-hydrogen) atoms. The minimum absolute atomic E-state index is 0.0757. The zero-order valence-electron chi connectivity index (χ0n) is 15.2. The second kappa shape index (κ2) is 8.70. The molecule has 0 spiro atoms. The quantitative estimate of drug-likeness (QED) is 0.646. The van der Waals surface area contributed by atoms with Crippen molar-refractivity contribution in [3.8, 4) is 0 Å². The molecule has 1 aliphatic rings. The lowest BCUT2D eigenvalue weighted by Crippen LogP contribution is -2.37. The monoisotopic (exact) mass is 426 g/mol. The molecule has 1 fully saturated rings. The first-order chi connectivity index (χ1) is 13.3. The van der Waals surface area contributed by atoms with Crippen LogP contribution in [0.15, 0.2) is 47.4 Å². The third-order valence-corrected chi connectivity index (χ3v) is 7.77. The van der Waals surface area contributed by atoms with Crippen LogP contribution in [0.5, 0.6) is 0 Å². The number of carboxylic acids is 1. The molecule has 0 aliphatic heterocycles. The van der Waals surface area contributed by atoms with Crippen LogP contribution in [0.2, 0.25) is 5.02 Å². The number of aliphatic carboxylic acids is 1. The van der Waals surface area contributed by atoms with Crippen molar-refractivity contribution in [3.05, 3.63) is 64.7 Å². The summed E-state index contributed by atoms with van der Waals surface area (Å²) in [6, 6.07) is 9.81. The van der Waals surface area contributed by atoms with Crippen LogP contribution in [-0.4, -0.2) is 15.3 Å². The van der Waals surface area contributed by atoms with Gasteiger partial charge in [0.15, 0.2) is 0 Å². The van der Waals surface area contributed by atoms with Gasteiger partial charge in [0.2, 0.25) is 0 Å². The van der Waals surface area contributed by atoms with Gasteiger partial charge >= 0.3 is 5.97 Å². The third-order valence-electron chi connectivity index (χ3n) is 5.48. The van der Waals surface area contributed by atoms with Gasteiger partial charge in [0.1, 0.15) is 11.6 Å². The molecular weight excluding hydrogens is 406 g/mol. The molecular formula is C21H21ClF2O3S. The standard InChI is InChI=1S/C21H21ClF2O3S/c22-15-2-5-17(6-3-15)28(27)21(18-13-16(23)4-7-19(18)24)11-9-14(10-12-21)1-8-20(25)26/h2-7,13-14H,1,8-12H2,(H,25,26). The molecule has 1 saturated carbocycles. The molecule has 0 saturated heterocycles. The van der Waals surface area contributed by atoms with Crippen LogP contribution >= 0.6 is 11.6 Å². The maximum atomic E-state index is 14.7. The number of hydrogen-bond donors (Lipinski definition) is 1. The van der Waals surface area contributed by atoms with Crippen molar-refractivity contribution in [2.75, 3.05) is 0 Å². The van der Waals surface area contributed by atoms with Gasteiger partial charge < -0.3 is 5.11 Å². The molecule has 1 aliphatic carbocycles. The molecule has 1 unspecified atom stereocenters. The Kier molecular flexibility index (Phi) is 6.50. The van der Waals surface area contributed by atoms with Crippen LogP contribution in [0.25, 0.3) is 0 Å². The predicted molar refractivity (Wildman–Crippen MR) is 105 cm³/mol. The van der Waals surface area contributed by atoms with Gasteiger partial charge in [0, 0.05) is 21.9 Å². The molecule has 1 atom stereocenters.